The monoisotopic (exact) mass is 219 g/mol. The molecule has 1 atom stereocenters. The first kappa shape index (κ1) is 11.4. The molecule has 16 heavy (non-hydrogen) atoms. The molecule has 3 nitrogen and oxygen atoms in total. The van der Waals surface area contributed by atoms with Crippen LogP contribution in [-0.4, -0.2) is 31.2 Å². The van der Waals surface area contributed by atoms with Crippen LogP contribution in [0.1, 0.15) is 19.8 Å². The van der Waals surface area contributed by atoms with Crippen LogP contribution in [0.15, 0.2) is 24.5 Å². The van der Waals surface area contributed by atoms with E-state index in [1.807, 2.05) is 12.4 Å². The van der Waals surface area contributed by atoms with Crippen molar-refractivity contribution in [1.82, 2.24) is 10.3 Å². The lowest BCUT2D eigenvalue weighted by atomic mass is 9.97. The number of anilines is 1. The third-order valence-corrected chi connectivity index (χ3v) is 3.23. The second-order valence-electron chi connectivity index (χ2n) is 4.47. The van der Waals surface area contributed by atoms with E-state index in [0.717, 1.165) is 19.0 Å². The topological polar surface area (TPSA) is 28.2 Å². The van der Waals surface area contributed by atoms with E-state index in [0.29, 0.717) is 0 Å². The fourth-order valence-corrected chi connectivity index (χ4v) is 2.37. The van der Waals surface area contributed by atoms with E-state index >= 15 is 0 Å². The largest absolute Gasteiger partial charge is 0.371 e. The molecule has 0 saturated carbocycles. The van der Waals surface area contributed by atoms with Crippen molar-refractivity contribution >= 4 is 5.69 Å². The molecule has 1 aromatic heterocycles. The smallest absolute Gasteiger partial charge is 0.0397 e. The summed E-state index contributed by atoms with van der Waals surface area (Å²) in [4.78, 5) is 6.55. The third-order valence-electron chi connectivity index (χ3n) is 3.23. The summed E-state index contributed by atoms with van der Waals surface area (Å²) in [7, 11) is 0. The van der Waals surface area contributed by atoms with E-state index in [-0.39, 0.29) is 0 Å². The van der Waals surface area contributed by atoms with Crippen molar-refractivity contribution in [1.29, 1.82) is 0 Å². The van der Waals surface area contributed by atoms with Gasteiger partial charge >= 0.3 is 0 Å². The molecule has 0 bridgehead atoms. The summed E-state index contributed by atoms with van der Waals surface area (Å²) in [6.45, 7) is 6.76. The van der Waals surface area contributed by atoms with Gasteiger partial charge in [0.25, 0.3) is 0 Å². The van der Waals surface area contributed by atoms with Crippen molar-refractivity contribution in [3.63, 3.8) is 0 Å². The fraction of sp³-hybridized carbons (Fsp3) is 0.615. The number of rotatable bonds is 4. The van der Waals surface area contributed by atoms with Crippen LogP contribution in [0.3, 0.4) is 0 Å². The molecular formula is C13H21N3. The molecule has 1 saturated heterocycles. The van der Waals surface area contributed by atoms with Crippen molar-refractivity contribution in [2.75, 3.05) is 31.1 Å². The molecule has 1 aromatic rings. The van der Waals surface area contributed by atoms with Gasteiger partial charge in [0.05, 0.1) is 0 Å². The molecular weight excluding hydrogens is 198 g/mol. The Bertz CT molecular complexity index is 299. The van der Waals surface area contributed by atoms with Crippen LogP contribution < -0.4 is 10.2 Å². The molecule has 1 fully saturated rings. The SMILES string of the molecule is CCNCC1CCCN(c2ccncc2)C1. The molecule has 2 rings (SSSR count). The van der Waals surface area contributed by atoms with E-state index in [9.17, 15) is 0 Å². The number of hydrogen-bond acceptors (Lipinski definition) is 3. The molecule has 3 heteroatoms. The Labute approximate surface area is 97.9 Å². The zero-order valence-corrected chi connectivity index (χ0v) is 10.0. The van der Waals surface area contributed by atoms with Crippen molar-refractivity contribution in [2.24, 2.45) is 5.92 Å². The van der Waals surface area contributed by atoms with Gasteiger partial charge in [-0.25, -0.2) is 0 Å². The first-order valence-electron chi connectivity index (χ1n) is 6.26. The number of pyridine rings is 1. The average Bonchev–Trinajstić information content (AvgIpc) is 2.38. The maximum Gasteiger partial charge on any atom is 0.0397 e. The minimum absolute atomic E-state index is 0.793. The Hall–Kier alpha value is -1.09. The Balaban J connectivity index is 1.91. The molecule has 1 unspecified atom stereocenters. The number of nitrogens with one attached hydrogen (secondary N) is 1. The van der Waals surface area contributed by atoms with Gasteiger partial charge in [0.1, 0.15) is 0 Å². The molecule has 0 amide bonds. The summed E-state index contributed by atoms with van der Waals surface area (Å²) in [5.74, 6) is 0.793. The predicted molar refractivity (Wildman–Crippen MR) is 67.7 cm³/mol. The predicted octanol–water partition coefficient (Wildman–Crippen LogP) is 1.91. The van der Waals surface area contributed by atoms with Gasteiger partial charge in [-0.05, 0) is 44.0 Å². The second kappa shape index (κ2) is 5.85. The normalized spacial score (nSPS) is 21.1. The molecule has 0 spiro atoms. The summed E-state index contributed by atoms with van der Waals surface area (Å²) >= 11 is 0. The first-order chi connectivity index (χ1) is 7.90. The Morgan fingerprint density at radius 2 is 2.25 bits per heavy atom. The number of nitrogens with zero attached hydrogens (tertiary/aromatic N) is 2. The van der Waals surface area contributed by atoms with E-state index in [1.54, 1.807) is 0 Å². The number of hydrogen-bond donors (Lipinski definition) is 1. The lowest BCUT2D eigenvalue weighted by Gasteiger charge is -2.34. The van der Waals surface area contributed by atoms with Crippen molar-refractivity contribution in [3.8, 4) is 0 Å². The van der Waals surface area contributed by atoms with Crippen LogP contribution in [0.4, 0.5) is 5.69 Å². The minimum atomic E-state index is 0.793. The zero-order chi connectivity index (χ0) is 11.2. The second-order valence-corrected chi connectivity index (χ2v) is 4.47. The quantitative estimate of drug-likeness (QED) is 0.838. The molecule has 1 aliphatic heterocycles. The summed E-state index contributed by atoms with van der Waals surface area (Å²) in [5, 5.41) is 3.45. The number of aromatic nitrogens is 1. The van der Waals surface area contributed by atoms with E-state index < -0.39 is 0 Å². The molecule has 0 radical (unpaired) electrons. The summed E-state index contributed by atoms with van der Waals surface area (Å²) in [5.41, 5.74) is 1.32. The van der Waals surface area contributed by atoms with Crippen molar-refractivity contribution < 1.29 is 0 Å². The lowest BCUT2D eigenvalue weighted by Crippen LogP contribution is -2.39. The van der Waals surface area contributed by atoms with E-state index in [2.05, 4.69) is 34.3 Å². The van der Waals surface area contributed by atoms with E-state index in [1.165, 1.54) is 31.6 Å². The van der Waals surface area contributed by atoms with Gasteiger partial charge < -0.3 is 10.2 Å². The lowest BCUT2D eigenvalue weighted by molar-refractivity contribution is 0.395. The van der Waals surface area contributed by atoms with Crippen LogP contribution in [0.5, 0.6) is 0 Å². The summed E-state index contributed by atoms with van der Waals surface area (Å²) < 4.78 is 0. The standard InChI is InChI=1S/C13H21N3/c1-2-14-10-12-4-3-9-16(11-12)13-5-7-15-8-6-13/h5-8,12,14H,2-4,9-11H2,1H3. The third kappa shape index (κ3) is 2.95. The highest BCUT2D eigenvalue weighted by Gasteiger charge is 2.19. The van der Waals surface area contributed by atoms with Crippen LogP contribution in [0.2, 0.25) is 0 Å². The van der Waals surface area contributed by atoms with Gasteiger partial charge in [-0.1, -0.05) is 6.92 Å². The van der Waals surface area contributed by atoms with Gasteiger partial charge in [-0.2, -0.15) is 0 Å². The zero-order valence-electron chi connectivity index (χ0n) is 10.0. The fourth-order valence-electron chi connectivity index (χ4n) is 2.37. The molecule has 1 aliphatic rings. The summed E-state index contributed by atoms with van der Waals surface area (Å²) in [6, 6.07) is 4.21. The minimum Gasteiger partial charge on any atom is -0.371 e. The number of piperidine rings is 1. The highest BCUT2D eigenvalue weighted by Crippen LogP contribution is 2.21. The Morgan fingerprint density at radius 3 is 3.00 bits per heavy atom. The van der Waals surface area contributed by atoms with Crippen LogP contribution in [-0.2, 0) is 0 Å². The highest BCUT2D eigenvalue weighted by molar-refractivity contribution is 5.44. The molecule has 2 heterocycles. The first-order valence-corrected chi connectivity index (χ1v) is 6.26. The van der Waals surface area contributed by atoms with Crippen LogP contribution >= 0.6 is 0 Å². The molecule has 88 valence electrons. The van der Waals surface area contributed by atoms with Crippen LogP contribution in [0.25, 0.3) is 0 Å². The van der Waals surface area contributed by atoms with Gasteiger partial charge in [-0.15, -0.1) is 0 Å². The van der Waals surface area contributed by atoms with Crippen molar-refractivity contribution in [3.05, 3.63) is 24.5 Å². The van der Waals surface area contributed by atoms with Gasteiger partial charge in [0, 0.05) is 31.2 Å². The van der Waals surface area contributed by atoms with Gasteiger partial charge in [0.15, 0.2) is 0 Å². The molecule has 0 aromatic carbocycles. The van der Waals surface area contributed by atoms with Gasteiger partial charge in [-0.3, -0.25) is 4.98 Å². The molecule has 1 N–H and O–H groups in total. The van der Waals surface area contributed by atoms with Crippen LogP contribution in [0, 0.1) is 5.92 Å². The van der Waals surface area contributed by atoms with E-state index in [4.69, 9.17) is 0 Å². The maximum absolute atomic E-state index is 4.07. The van der Waals surface area contributed by atoms with Crippen molar-refractivity contribution in [2.45, 2.75) is 19.8 Å². The van der Waals surface area contributed by atoms with Gasteiger partial charge in [0.2, 0.25) is 0 Å². The molecule has 0 aliphatic carbocycles. The highest BCUT2D eigenvalue weighted by atomic mass is 15.1. The Morgan fingerprint density at radius 1 is 1.44 bits per heavy atom. The average molecular weight is 219 g/mol. The summed E-state index contributed by atoms with van der Waals surface area (Å²) in [6.07, 6.45) is 6.42. The Kier molecular flexibility index (Phi) is 4.17. The maximum atomic E-state index is 4.07.